The molecule has 0 radical (unpaired) electrons. The van der Waals surface area contributed by atoms with Crippen LogP contribution < -0.4 is 10.00 Å². The van der Waals surface area contributed by atoms with Crippen LogP contribution in [0.3, 0.4) is 0 Å². The molecule has 0 aromatic carbocycles. The SMILES string of the molecule is O=C(O)C(F)(F)F.O=C(O)CC[n+]1ccc(C(=O)NCC2CC2)cn1. The number of hydrogen-bond donors (Lipinski definition) is 3. The highest BCUT2D eigenvalue weighted by Gasteiger charge is 2.38. The molecule has 1 fully saturated rings. The van der Waals surface area contributed by atoms with Gasteiger partial charge in [0, 0.05) is 12.6 Å². The molecule has 1 aliphatic carbocycles. The summed E-state index contributed by atoms with van der Waals surface area (Å²) < 4.78 is 33.2. The summed E-state index contributed by atoms with van der Waals surface area (Å²) >= 11 is 0. The van der Waals surface area contributed by atoms with E-state index in [1.54, 1.807) is 12.3 Å². The maximum Gasteiger partial charge on any atom is 0.490 e. The van der Waals surface area contributed by atoms with E-state index in [1.807, 2.05) is 0 Å². The van der Waals surface area contributed by atoms with E-state index in [0.717, 1.165) is 6.54 Å². The van der Waals surface area contributed by atoms with Crippen molar-refractivity contribution in [3.63, 3.8) is 0 Å². The zero-order valence-corrected chi connectivity index (χ0v) is 13.0. The number of halogens is 3. The first kappa shape index (κ1) is 20.3. The number of carbonyl (C=O) groups is 3. The summed E-state index contributed by atoms with van der Waals surface area (Å²) in [6.07, 6.45) is 0.412. The predicted molar refractivity (Wildman–Crippen MR) is 75.4 cm³/mol. The third-order valence-corrected chi connectivity index (χ3v) is 3.08. The fourth-order valence-corrected chi connectivity index (χ4v) is 1.52. The van der Waals surface area contributed by atoms with Crippen LogP contribution in [0.2, 0.25) is 0 Å². The van der Waals surface area contributed by atoms with E-state index < -0.39 is 18.1 Å². The van der Waals surface area contributed by atoms with Crippen LogP contribution in [0.4, 0.5) is 13.2 Å². The number of carboxylic acid groups (broad SMARTS) is 2. The van der Waals surface area contributed by atoms with Gasteiger partial charge >= 0.3 is 18.1 Å². The van der Waals surface area contributed by atoms with E-state index in [4.69, 9.17) is 15.0 Å². The summed E-state index contributed by atoms with van der Waals surface area (Å²) in [6, 6.07) is 1.65. The summed E-state index contributed by atoms with van der Waals surface area (Å²) in [7, 11) is 0. The number of nitrogens with zero attached hydrogens (tertiary/aromatic N) is 2. The molecule has 0 aliphatic heterocycles. The first-order chi connectivity index (χ1) is 11.6. The van der Waals surface area contributed by atoms with Crippen LogP contribution in [0.5, 0.6) is 0 Å². The van der Waals surface area contributed by atoms with Crippen LogP contribution >= 0.6 is 0 Å². The number of nitrogens with one attached hydrogen (secondary N) is 1. The number of hydrogen-bond acceptors (Lipinski definition) is 4. The van der Waals surface area contributed by atoms with Crippen LogP contribution in [0.15, 0.2) is 18.5 Å². The van der Waals surface area contributed by atoms with Gasteiger partial charge in [-0.2, -0.15) is 13.2 Å². The Morgan fingerprint density at radius 1 is 1.28 bits per heavy atom. The summed E-state index contributed by atoms with van der Waals surface area (Å²) in [4.78, 5) is 31.0. The van der Waals surface area contributed by atoms with Crippen molar-refractivity contribution in [3.05, 3.63) is 24.0 Å². The third kappa shape index (κ3) is 8.63. The molecule has 1 aromatic rings. The highest BCUT2D eigenvalue weighted by atomic mass is 19.4. The normalized spacial score (nSPS) is 13.4. The molecule has 1 aromatic heterocycles. The van der Waals surface area contributed by atoms with E-state index in [0.29, 0.717) is 18.0 Å². The summed E-state index contributed by atoms with van der Waals surface area (Å²) in [5.74, 6) is -3.10. The molecule has 0 unspecified atom stereocenters. The van der Waals surface area contributed by atoms with Crippen molar-refractivity contribution in [1.29, 1.82) is 0 Å². The van der Waals surface area contributed by atoms with Crippen LogP contribution in [0.25, 0.3) is 0 Å². The first-order valence-electron chi connectivity index (χ1n) is 7.25. The van der Waals surface area contributed by atoms with Crippen molar-refractivity contribution in [2.24, 2.45) is 5.92 Å². The topological polar surface area (TPSA) is 120 Å². The zero-order valence-electron chi connectivity index (χ0n) is 13.0. The Bertz CT molecular complexity index is 615. The molecular weight excluding hydrogens is 347 g/mol. The second-order valence-electron chi connectivity index (χ2n) is 5.28. The molecule has 3 N–H and O–H groups in total. The second kappa shape index (κ2) is 8.94. The van der Waals surface area contributed by atoms with Crippen molar-refractivity contribution in [3.8, 4) is 0 Å². The molecule has 8 nitrogen and oxygen atoms in total. The number of amides is 1. The largest absolute Gasteiger partial charge is 0.490 e. The van der Waals surface area contributed by atoms with Crippen molar-refractivity contribution in [2.45, 2.75) is 32.0 Å². The number of carbonyl (C=O) groups excluding carboxylic acids is 1. The maximum atomic E-state index is 11.7. The zero-order chi connectivity index (χ0) is 19.0. The fourth-order valence-electron chi connectivity index (χ4n) is 1.52. The lowest BCUT2D eigenvalue weighted by atomic mass is 10.3. The number of alkyl halides is 3. The van der Waals surface area contributed by atoms with Gasteiger partial charge in [-0.05, 0) is 23.9 Å². The van der Waals surface area contributed by atoms with Crippen LogP contribution in [-0.2, 0) is 16.1 Å². The van der Waals surface area contributed by atoms with Gasteiger partial charge < -0.3 is 15.5 Å². The maximum absolute atomic E-state index is 11.7. The number of aromatic nitrogens is 2. The van der Waals surface area contributed by atoms with E-state index >= 15 is 0 Å². The molecule has 0 spiro atoms. The Labute approximate surface area is 140 Å². The van der Waals surface area contributed by atoms with Gasteiger partial charge in [0.2, 0.25) is 0 Å². The Hall–Kier alpha value is -2.72. The van der Waals surface area contributed by atoms with Crippen LogP contribution in [0, 0.1) is 5.92 Å². The average Bonchev–Trinajstić information content (AvgIpc) is 3.35. The molecule has 1 saturated carbocycles. The lowest BCUT2D eigenvalue weighted by Gasteiger charge is -2.02. The molecule has 0 saturated heterocycles. The minimum absolute atomic E-state index is 0.0187. The Morgan fingerprint density at radius 3 is 2.28 bits per heavy atom. The van der Waals surface area contributed by atoms with Crippen molar-refractivity contribution in [2.75, 3.05) is 6.54 Å². The highest BCUT2D eigenvalue weighted by molar-refractivity contribution is 5.93. The van der Waals surface area contributed by atoms with Gasteiger partial charge in [0.15, 0.2) is 12.7 Å². The van der Waals surface area contributed by atoms with Crippen LogP contribution in [-0.4, -0.2) is 45.9 Å². The monoisotopic (exact) mass is 364 g/mol. The van der Waals surface area contributed by atoms with Gasteiger partial charge in [0.1, 0.15) is 12.6 Å². The van der Waals surface area contributed by atoms with Gasteiger partial charge in [0.25, 0.3) is 5.91 Å². The number of rotatable bonds is 6. The quantitative estimate of drug-likeness (QED) is 0.637. The average molecular weight is 364 g/mol. The fraction of sp³-hybridized carbons (Fsp3) is 0.500. The molecular formula is C14H17F3N3O5+. The lowest BCUT2D eigenvalue weighted by Crippen LogP contribution is -2.39. The molecule has 2 rings (SSSR count). The van der Waals surface area contributed by atoms with Gasteiger partial charge in [-0.1, -0.05) is 4.68 Å². The number of carboxylic acids is 2. The van der Waals surface area contributed by atoms with Crippen molar-refractivity contribution >= 4 is 17.8 Å². The van der Waals surface area contributed by atoms with E-state index in [2.05, 4.69) is 10.4 Å². The molecule has 138 valence electrons. The minimum atomic E-state index is -5.08. The standard InChI is InChI=1S/C12H15N3O3.C2HF3O2/c16-11(17)4-6-15-5-3-10(8-14-15)12(18)13-7-9-1-2-9;3-2(4,5)1(6)7/h3,5,8-9H,1-2,4,6-7H2,(H-,13,16,17,18);(H,6,7)/p+1. The first-order valence-corrected chi connectivity index (χ1v) is 7.25. The van der Waals surface area contributed by atoms with Crippen LogP contribution in [0.1, 0.15) is 29.6 Å². The van der Waals surface area contributed by atoms with Gasteiger partial charge in [-0.25, -0.2) is 4.79 Å². The van der Waals surface area contributed by atoms with E-state index in [1.165, 1.54) is 23.7 Å². The summed E-state index contributed by atoms with van der Waals surface area (Å²) in [5, 5.41) is 22.5. The van der Waals surface area contributed by atoms with Gasteiger partial charge in [-0.3, -0.25) is 9.59 Å². The molecule has 0 bridgehead atoms. The van der Waals surface area contributed by atoms with E-state index in [9.17, 15) is 22.8 Å². The number of aliphatic carboxylic acids is 2. The Morgan fingerprint density at radius 2 is 1.88 bits per heavy atom. The third-order valence-electron chi connectivity index (χ3n) is 3.08. The lowest BCUT2D eigenvalue weighted by molar-refractivity contribution is -0.753. The van der Waals surface area contributed by atoms with Gasteiger partial charge in [-0.15, -0.1) is 0 Å². The smallest absolute Gasteiger partial charge is 0.481 e. The van der Waals surface area contributed by atoms with E-state index in [-0.39, 0.29) is 12.3 Å². The predicted octanol–water partition coefficient (Wildman–Crippen LogP) is 0.617. The Kier molecular flexibility index (Phi) is 7.27. The molecule has 0 atom stereocenters. The molecule has 1 amide bonds. The second-order valence-corrected chi connectivity index (χ2v) is 5.28. The minimum Gasteiger partial charge on any atom is -0.481 e. The highest BCUT2D eigenvalue weighted by Crippen LogP contribution is 2.27. The number of aryl methyl sites for hydroxylation is 1. The summed E-state index contributed by atoms with van der Waals surface area (Å²) in [6.45, 7) is 1.03. The summed E-state index contributed by atoms with van der Waals surface area (Å²) in [5.41, 5.74) is 0.502. The molecule has 1 aliphatic rings. The Balaban J connectivity index is 0.000000381. The van der Waals surface area contributed by atoms with Gasteiger partial charge in [0.05, 0.1) is 5.56 Å². The molecule has 11 heteroatoms. The van der Waals surface area contributed by atoms with Crippen molar-refractivity contribution < 1.29 is 42.4 Å². The molecule has 1 heterocycles. The molecule has 25 heavy (non-hydrogen) atoms. The van der Waals surface area contributed by atoms with Crippen molar-refractivity contribution in [1.82, 2.24) is 10.4 Å².